The quantitative estimate of drug-likeness (QED) is 0.851. The van der Waals surface area contributed by atoms with E-state index in [0.717, 1.165) is 33.6 Å². The minimum Gasteiger partial charge on any atom is -0.481 e. The van der Waals surface area contributed by atoms with Gasteiger partial charge in [-0.15, -0.1) is 0 Å². The third-order valence-electron chi connectivity index (χ3n) is 3.50. The Morgan fingerprint density at radius 3 is 3.00 bits per heavy atom. The Balaban J connectivity index is 2.02. The normalized spacial score (nSPS) is 21.9. The lowest BCUT2D eigenvalue weighted by Gasteiger charge is -2.34. The molecule has 1 fully saturated rings. The Morgan fingerprint density at radius 1 is 1.60 bits per heavy atom. The Bertz CT molecular complexity index is 667. The van der Waals surface area contributed by atoms with Gasteiger partial charge in [0.15, 0.2) is 10.8 Å². The van der Waals surface area contributed by atoms with Crippen LogP contribution in [0.4, 0.5) is 0 Å². The van der Waals surface area contributed by atoms with Gasteiger partial charge in [0.05, 0.1) is 5.75 Å². The zero-order valence-corrected chi connectivity index (χ0v) is 13.3. The van der Waals surface area contributed by atoms with E-state index in [4.69, 9.17) is 5.11 Å². The highest BCUT2D eigenvalue weighted by molar-refractivity contribution is 9.10. The van der Waals surface area contributed by atoms with Crippen molar-refractivity contribution in [3.05, 3.63) is 16.7 Å². The smallest absolute Gasteiger partial charge is 0.313 e. The third kappa shape index (κ3) is 2.56. The minimum atomic E-state index is -0.829. The minimum absolute atomic E-state index is 0.0206. The van der Waals surface area contributed by atoms with Crippen LogP contribution in [0.5, 0.6) is 0 Å². The molecule has 0 spiro atoms. The van der Waals surface area contributed by atoms with Crippen molar-refractivity contribution in [3.8, 4) is 0 Å². The van der Waals surface area contributed by atoms with E-state index in [0.29, 0.717) is 12.0 Å². The van der Waals surface area contributed by atoms with Crippen LogP contribution in [0.1, 0.15) is 25.8 Å². The number of thioether (sulfide) groups is 1. The molecule has 1 N–H and O–H groups in total. The molecule has 20 heavy (non-hydrogen) atoms. The van der Waals surface area contributed by atoms with E-state index in [1.54, 1.807) is 6.20 Å². The van der Waals surface area contributed by atoms with Gasteiger partial charge in [-0.1, -0.05) is 18.7 Å². The van der Waals surface area contributed by atoms with E-state index in [9.17, 15) is 4.79 Å². The van der Waals surface area contributed by atoms with Gasteiger partial charge in [-0.2, -0.15) is 0 Å². The molecule has 0 unspecified atom stereocenters. The number of hydrogen-bond donors (Lipinski definition) is 1. The molecule has 0 radical (unpaired) electrons. The highest BCUT2D eigenvalue weighted by Crippen LogP contribution is 2.41. The van der Waals surface area contributed by atoms with E-state index >= 15 is 0 Å². The van der Waals surface area contributed by atoms with Crippen molar-refractivity contribution in [2.75, 3.05) is 5.75 Å². The first kappa shape index (κ1) is 13.9. The number of aliphatic carboxylic acids is 1. The first-order valence-corrected chi connectivity index (χ1v) is 8.20. The molecule has 0 saturated heterocycles. The summed E-state index contributed by atoms with van der Waals surface area (Å²) in [6, 6.07) is 2.31. The van der Waals surface area contributed by atoms with Gasteiger partial charge in [-0.3, -0.25) is 4.79 Å². The second kappa shape index (κ2) is 5.37. The first-order valence-electron chi connectivity index (χ1n) is 6.42. The fraction of sp³-hybridized carbons (Fsp3) is 0.462. The van der Waals surface area contributed by atoms with Crippen molar-refractivity contribution in [1.82, 2.24) is 14.5 Å². The standard InChI is InChI=1S/C13H14BrN3O2S/c1-7-2-9(3-7)17-12-10(4-8(14)5-15-12)16-13(17)20-6-11(18)19/h4-5,7,9H,2-3,6H2,1H3,(H,18,19). The van der Waals surface area contributed by atoms with Crippen molar-refractivity contribution >= 4 is 44.8 Å². The van der Waals surface area contributed by atoms with Crippen LogP contribution in [0, 0.1) is 5.92 Å². The Labute approximate surface area is 128 Å². The van der Waals surface area contributed by atoms with Gasteiger partial charge in [0.2, 0.25) is 0 Å². The molecular weight excluding hydrogens is 342 g/mol. The summed E-state index contributed by atoms with van der Waals surface area (Å²) in [6.07, 6.45) is 3.96. The molecule has 1 aliphatic rings. The highest BCUT2D eigenvalue weighted by atomic mass is 79.9. The van der Waals surface area contributed by atoms with Gasteiger partial charge < -0.3 is 9.67 Å². The van der Waals surface area contributed by atoms with Gasteiger partial charge >= 0.3 is 5.97 Å². The zero-order chi connectivity index (χ0) is 14.3. The van der Waals surface area contributed by atoms with E-state index in [-0.39, 0.29) is 5.75 Å². The van der Waals surface area contributed by atoms with Crippen LogP contribution in [0.15, 0.2) is 21.9 Å². The molecular formula is C13H14BrN3O2S. The van der Waals surface area contributed by atoms with Gasteiger partial charge in [-0.05, 0) is 40.8 Å². The van der Waals surface area contributed by atoms with E-state index in [1.807, 2.05) is 6.07 Å². The average Bonchev–Trinajstić information content (AvgIpc) is 2.69. The lowest BCUT2D eigenvalue weighted by Crippen LogP contribution is -2.25. The number of nitrogens with zero attached hydrogens (tertiary/aromatic N) is 3. The molecule has 0 atom stereocenters. The van der Waals surface area contributed by atoms with Crippen LogP contribution >= 0.6 is 27.7 Å². The number of imidazole rings is 1. The summed E-state index contributed by atoms with van der Waals surface area (Å²) in [6.45, 7) is 2.23. The van der Waals surface area contributed by atoms with E-state index in [2.05, 4.69) is 37.4 Å². The van der Waals surface area contributed by atoms with Crippen LogP contribution in [0.2, 0.25) is 0 Å². The lowest BCUT2D eigenvalue weighted by atomic mass is 9.82. The summed E-state index contributed by atoms with van der Waals surface area (Å²) >= 11 is 4.66. The van der Waals surface area contributed by atoms with Crippen molar-refractivity contribution in [2.45, 2.75) is 31.0 Å². The van der Waals surface area contributed by atoms with Crippen LogP contribution in [-0.4, -0.2) is 31.4 Å². The fourth-order valence-electron chi connectivity index (χ4n) is 2.56. The number of fused-ring (bicyclic) bond motifs is 1. The Morgan fingerprint density at radius 2 is 2.35 bits per heavy atom. The number of carboxylic acids is 1. The number of carboxylic acid groups (broad SMARTS) is 1. The van der Waals surface area contributed by atoms with E-state index in [1.165, 1.54) is 11.8 Å². The summed E-state index contributed by atoms with van der Waals surface area (Å²) in [5, 5.41) is 9.61. The number of carbonyl (C=O) groups is 1. The molecule has 0 bridgehead atoms. The predicted molar refractivity (Wildman–Crippen MR) is 81.0 cm³/mol. The van der Waals surface area contributed by atoms with Gasteiger partial charge in [0, 0.05) is 16.7 Å². The second-order valence-corrected chi connectivity index (χ2v) is 7.03. The molecule has 0 aromatic carbocycles. The monoisotopic (exact) mass is 355 g/mol. The summed E-state index contributed by atoms with van der Waals surface area (Å²) in [5.74, 6) is -0.0952. The average molecular weight is 356 g/mol. The highest BCUT2D eigenvalue weighted by Gasteiger charge is 2.30. The maximum absolute atomic E-state index is 10.8. The lowest BCUT2D eigenvalue weighted by molar-refractivity contribution is -0.133. The maximum atomic E-state index is 10.8. The largest absolute Gasteiger partial charge is 0.481 e. The molecule has 0 aliphatic heterocycles. The molecule has 2 heterocycles. The SMILES string of the molecule is CC1CC(n2c(SCC(=O)O)nc3cc(Br)cnc32)C1. The molecule has 2 aromatic rings. The van der Waals surface area contributed by atoms with Crippen molar-refractivity contribution in [1.29, 1.82) is 0 Å². The van der Waals surface area contributed by atoms with Gasteiger partial charge in [0.25, 0.3) is 0 Å². The number of halogens is 1. The molecule has 1 saturated carbocycles. The molecule has 7 heteroatoms. The third-order valence-corrected chi connectivity index (χ3v) is 4.87. The molecule has 5 nitrogen and oxygen atoms in total. The Kier molecular flexibility index (Phi) is 3.72. The van der Waals surface area contributed by atoms with Gasteiger partial charge in [0.1, 0.15) is 5.52 Å². The van der Waals surface area contributed by atoms with Gasteiger partial charge in [-0.25, -0.2) is 9.97 Å². The van der Waals surface area contributed by atoms with E-state index < -0.39 is 5.97 Å². The zero-order valence-electron chi connectivity index (χ0n) is 10.9. The van der Waals surface area contributed by atoms with Crippen molar-refractivity contribution in [2.24, 2.45) is 5.92 Å². The summed E-state index contributed by atoms with van der Waals surface area (Å²) in [5.41, 5.74) is 1.66. The number of rotatable bonds is 4. The fourth-order valence-corrected chi connectivity index (χ4v) is 3.67. The van der Waals surface area contributed by atoms with Crippen LogP contribution in [0.25, 0.3) is 11.2 Å². The molecule has 3 rings (SSSR count). The number of pyridine rings is 1. The van der Waals surface area contributed by atoms with Crippen LogP contribution < -0.4 is 0 Å². The predicted octanol–water partition coefficient (Wildman–Crippen LogP) is 3.34. The van der Waals surface area contributed by atoms with Crippen LogP contribution in [-0.2, 0) is 4.79 Å². The second-order valence-electron chi connectivity index (χ2n) is 5.17. The van der Waals surface area contributed by atoms with Crippen molar-refractivity contribution < 1.29 is 9.90 Å². The number of aromatic nitrogens is 3. The van der Waals surface area contributed by atoms with Crippen LogP contribution in [0.3, 0.4) is 0 Å². The summed E-state index contributed by atoms with van der Waals surface area (Å²) < 4.78 is 2.99. The summed E-state index contributed by atoms with van der Waals surface area (Å²) in [7, 11) is 0. The molecule has 0 amide bonds. The topological polar surface area (TPSA) is 68.0 Å². The molecule has 1 aliphatic carbocycles. The molecule has 2 aromatic heterocycles. The number of hydrogen-bond acceptors (Lipinski definition) is 4. The Hall–Kier alpha value is -1.08. The maximum Gasteiger partial charge on any atom is 0.313 e. The van der Waals surface area contributed by atoms with Crippen molar-refractivity contribution in [3.63, 3.8) is 0 Å². The molecule has 106 valence electrons. The first-order chi connectivity index (χ1) is 9.54. The summed E-state index contributed by atoms with van der Waals surface area (Å²) in [4.78, 5) is 19.8.